The minimum Gasteiger partial charge on any atom is -0.396 e. The molecule has 0 aliphatic rings. The molecule has 0 saturated carbocycles. The molecule has 0 amide bonds. The summed E-state index contributed by atoms with van der Waals surface area (Å²) in [6.07, 6.45) is -0.0964. The van der Waals surface area contributed by atoms with Gasteiger partial charge >= 0.3 is 0 Å². The Morgan fingerprint density at radius 2 is 1.71 bits per heavy atom. The van der Waals surface area contributed by atoms with Gasteiger partial charge in [0.2, 0.25) is 0 Å². The molecular formula is C10H22O3S. The normalized spacial score (nSPS) is 13.5. The van der Waals surface area contributed by atoms with Gasteiger partial charge in [-0.3, -0.25) is 0 Å². The number of aliphatic hydroxyl groups excluding tert-OH is 1. The third-order valence-electron chi connectivity index (χ3n) is 1.67. The first-order valence-corrected chi connectivity index (χ1v) is 6.31. The van der Waals surface area contributed by atoms with Crippen LogP contribution in [0.4, 0.5) is 0 Å². The minimum absolute atomic E-state index is 0.0964. The molecule has 0 saturated heterocycles. The van der Waals surface area contributed by atoms with Gasteiger partial charge in [0.15, 0.2) is 6.29 Å². The standard InChI is InChI=1S/C10H22O3S/c1-4-12-10(13-5-2)8-14-7-9(3)6-11/h9-11H,4-8H2,1-3H3. The van der Waals surface area contributed by atoms with Gasteiger partial charge in [0.05, 0.1) is 0 Å². The fourth-order valence-corrected chi connectivity index (χ4v) is 1.96. The van der Waals surface area contributed by atoms with E-state index in [-0.39, 0.29) is 12.9 Å². The van der Waals surface area contributed by atoms with Crippen molar-refractivity contribution in [3.63, 3.8) is 0 Å². The van der Waals surface area contributed by atoms with E-state index in [0.29, 0.717) is 19.1 Å². The van der Waals surface area contributed by atoms with Gasteiger partial charge < -0.3 is 14.6 Å². The van der Waals surface area contributed by atoms with E-state index in [0.717, 1.165) is 11.5 Å². The van der Waals surface area contributed by atoms with Gasteiger partial charge in [-0.1, -0.05) is 6.92 Å². The van der Waals surface area contributed by atoms with Gasteiger partial charge in [-0.15, -0.1) is 0 Å². The molecule has 0 bridgehead atoms. The lowest BCUT2D eigenvalue weighted by atomic mass is 10.2. The van der Waals surface area contributed by atoms with Crippen molar-refractivity contribution >= 4 is 11.8 Å². The van der Waals surface area contributed by atoms with Crippen molar-refractivity contribution in [2.75, 3.05) is 31.3 Å². The second-order valence-electron chi connectivity index (χ2n) is 3.17. The topological polar surface area (TPSA) is 38.7 Å². The Morgan fingerprint density at radius 3 is 2.14 bits per heavy atom. The molecule has 0 aliphatic carbocycles. The average Bonchev–Trinajstić information content (AvgIpc) is 2.18. The van der Waals surface area contributed by atoms with Crippen LogP contribution in [-0.4, -0.2) is 42.7 Å². The molecule has 1 unspecified atom stereocenters. The van der Waals surface area contributed by atoms with Crippen LogP contribution in [-0.2, 0) is 9.47 Å². The maximum atomic E-state index is 8.83. The fourth-order valence-electron chi connectivity index (χ4n) is 0.934. The molecule has 0 spiro atoms. The van der Waals surface area contributed by atoms with Crippen molar-refractivity contribution in [2.24, 2.45) is 5.92 Å². The first-order chi connectivity index (χ1) is 6.74. The number of thioether (sulfide) groups is 1. The summed E-state index contributed by atoms with van der Waals surface area (Å²) in [5.74, 6) is 2.14. The Labute approximate surface area is 91.2 Å². The third kappa shape index (κ3) is 7.62. The van der Waals surface area contributed by atoms with Crippen molar-refractivity contribution in [2.45, 2.75) is 27.1 Å². The first-order valence-electron chi connectivity index (χ1n) is 5.16. The summed E-state index contributed by atoms with van der Waals surface area (Å²) < 4.78 is 10.8. The van der Waals surface area contributed by atoms with Gasteiger partial charge in [0, 0.05) is 25.6 Å². The van der Waals surface area contributed by atoms with Crippen LogP contribution in [0.15, 0.2) is 0 Å². The predicted octanol–water partition coefficient (Wildman–Crippen LogP) is 1.75. The lowest BCUT2D eigenvalue weighted by Gasteiger charge is -2.17. The Morgan fingerprint density at radius 1 is 1.14 bits per heavy atom. The molecule has 0 aromatic carbocycles. The van der Waals surface area contributed by atoms with Crippen molar-refractivity contribution < 1.29 is 14.6 Å². The lowest BCUT2D eigenvalue weighted by molar-refractivity contribution is -0.120. The highest BCUT2D eigenvalue weighted by Crippen LogP contribution is 2.11. The van der Waals surface area contributed by atoms with Gasteiger partial charge in [-0.05, 0) is 25.5 Å². The maximum Gasteiger partial charge on any atom is 0.166 e. The zero-order valence-electron chi connectivity index (χ0n) is 9.36. The van der Waals surface area contributed by atoms with E-state index < -0.39 is 0 Å². The van der Waals surface area contributed by atoms with Crippen LogP contribution in [0.2, 0.25) is 0 Å². The monoisotopic (exact) mass is 222 g/mol. The largest absolute Gasteiger partial charge is 0.396 e. The van der Waals surface area contributed by atoms with E-state index in [9.17, 15) is 0 Å². The molecule has 4 heteroatoms. The molecule has 0 radical (unpaired) electrons. The fraction of sp³-hybridized carbons (Fsp3) is 1.00. The Balaban J connectivity index is 3.49. The van der Waals surface area contributed by atoms with E-state index in [1.807, 2.05) is 20.8 Å². The molecular weight excluding hydrogens is 200 g/mol. The molecule has 86 valence electrons. The number of hydrogen-bond acceptors (Lipinski definition) is 4. The second kappa shape index (κ2) is 9.77. The van der Waals surface area contributed by atoms with Crippen LogP contribution in [0.25, 0.3) is 0 Å². The summed E-state index contributed by atoms with van der Waals surface area (Å²) in [5.41, 5.74) is 0. The quantitative estimate of drug-likeness (QED) is 0.603. The van der Waals surface area contributed by atoms with E-state index in [1.165, 1.54) is 0 Å². The Hall–Kier alpha value is 0.230. The van der Waals surface area contributed by atoms with Gasteiger partial charge in [-0.2, -0.15) is 11.8 Å². The lowest BCUT2D eigenvalue weighted by Crippen LogP contribution is -2.21. The van der Waals surface area contributed by atoms with E-state index in [4.69, 9.17) is 14.6 Å². The zero-order valence-corrected chi connectivity index (χ0v) is 10.2. The third-order valence-corrected chi connectivity index (χ3v) is 2.99. The summed E-state index contributed by atoms with van der Waals surface area (Å²) >= 11 is 1.76. The SMILES string of the molecule is CCOC(CSCC(C)CO)OCC. The number of ether oxygens (including phenoxy) is 2. The van der Waals surface area contributed by atoms with Crippen molar-refractivity contribution in [3.05, 3.63) is 0 Å². The highest BCUT2D eigenvalue weighted by Gasteiger charge is 2.08. The second-order valence-corrected chi connectivity index (χ2v) is 4.24. The van der Waals surface area contributed by atoms with Crippen LogP contribution in [0.3, 0.4) is 0 Å². The molecule has 0 aromatic rings. The van der Waals surface area contributed by atoms with E-state index in [1.54, 1.807) is 11.8 Å². The van der Waals surface area contributed by atoms with E-state index >= 15 is 0 Å². The number of hydrogen-bond donors (Lipinski definition) is 1. The zero-order chi connectivity index (χ0) is 10.8. The molecule has 1 N–H and O–H groups in total. The highest BCUT2D eigenvalue weighted by atomic mass is 32.2. The first kappa shape index (κ1) is 14.2. The van der Waals surface area contributed by atoms with Crippen molar-refractivity contribution in [1.29, 1.82) is 0 Å². The summed E-state index contributed by atoms with van der Waals surface area (Å²) in [7, 11) is 0. The van der Waals surface area contributed by atoms with Crippen LogP contribution in [0, 0.1) is 5.92 Å². The molecule has 0 aliphatic heterocycles. The smallest absolute Gasteiger partial charge is 0.166 e. The van der Waals surface area contributed by atoms with Gasteiger partial charge in [-0.25, -0.2) is 0 Å². The van der Waals surface area contributed by atoms with Crippen molar-refractivity contribution in [3.8, 4) is 0 Å². The van der Waals surface area contributed by atoms with Crippen LogP contribution in [0.5, 0.6) is 0 Å². The van der Waals surface area contributed by atoms with Crippen LogP contribution >= 0.6 is 11.8 Å². The number of rotatable bonds is 9. The average molecular weight is 222 g/mol. The maximum absolute atomic E-state index is 8.83. The molecule has 0 fully saturated rings. The highest BCUT2D eigenvalue weighted by molar-refractivity contribution is 7.99. The van der Waals surface area contributed by atoms with Crippen LogP contribution in [0.1, 0.15) is 20.8 Å². The summed E-state index contributed by atoms with van der Waals surface area (Å²) in [5, 5.41) is 8.83. The predicted molar refractivity (Wildman–Crippen MR) is 60.6 cm³/mol. The summed E-state index contributed by atoms with van der Waals surface area (Å²) in [6, 6.07) is 0. The minimum atomic E-state index is -0.0964. The molecule has 0 aromatic heterocycles. The molecule has 0 heterocycles. The molecule has 1 atom stereocenters. The van der Waals surface area contributed by atoms with E-state index in [2.05, 4.69) is 0 Å². The summed E-state index contributed by atoms with van der Waals surface area (Å²) in [4.78, 5) is 0. The van der Waals surface area contributed by atoms with Crippen LogP contribution < -0.4 is 0 Å². The van der Waals surface area contributed by atoms with Gasteiger partial charge in [0.25, 0.3) is 0 Å². The molecule has 3 nitrogen and oxygen atoms in total. The van der Waals surface area contributed by atoms with Crippen molar-refractivity contribution in [1.82, 2.24) is 0 Å². The Bertz CT molecular complexity index is 116. The number of aliphatic hydroxyl groups is 1. The molecule has 14 heavy (non-hydrogen) atoms. The molecule has 0 rings (SSSR count). The Kier molecular flexibility index (Phi) is 9.93. The summed E-state index contributed by atoms with van der Waals surface area (Å²) in [6.45, 7) is 7.58. The van der Waals surface area contributed by atoms with Gasteiger partial charge in [0.1, 0.15) is 0 Å².